The van der Waals surface area contributed by atoms with Crippen LogP contribution < -0.4 is 4.74 Å². The van der Waals surface area contributed by atoms with Gasteiger partial charge in [-0.3, -0.25) is 9.69 Å². The summed E-state index contributed by atoms with van der Waals surface area (Å²) >= 11 is 0. The summed E-state index contributed by atoms with van der Waals surface area (Å²) in [6, 6.07) is 5.00. The molecule has 25 heavy (non-hydrogen) atoms. The van der Waals surface area contributed by atoms with E-state index in [0.717, 1.165) is 44.6 Å². The molecular formula is C19H27FN2O3. The predicted octanol–water partition coefficient (Wildman–Crippen LogP) is 1.89. The average Bonchev–Trinajstić information content (AvgIpc) is 2.97. The standard InChI is InChI=1S/C19H27FN2O3/c1-14(24)22-11-16(12-23)19(13-22)5-7-21(8-6-19)10-15-3-4-17(20)18(9-15)25-2/h3-4,9,16,23H,5-8,10-13H2,1-2H3. The Labute approximate surface area is 148 Å². The molecule has 2 aliphatic heterocycles. The largest absolute Gasteiger partial charge is 0.494 e. The van der Waals surface area contributed by atoms with Crippen molar-refractivity contribution in [3.8, 4) is 5.75 Å². The molecule has 2 heterocycles. The van der Waals surface area contributed by atoms with Crippen LogP contribution >= 0.6 is 0 Å². The van der Waals surface area contributed by atoms with Crippen LogP contribution in [-0.4, -0.2) is 60.7 Å². The molecule has 1 aromatic carbocycles. The molecule has 5 nitrogen and oxygen atoms in total. The quantitative estimate of drug-likeness (QED) is 0.901. The molecule has 2 saturated heterocycles. The third-order valence-corrected chi connectivity index (χ3v) is 5.95. The van der Waals surface area contributed by atoms with Gasteiger partial charge >= 0.3 is 0 Å². The van der Waals surface area contributed by atoms with E-state index >= 15 is 0 Å². The summed E-state index contributed by atoms with van der Waals surface area (Å²) in [7, 11) is 1.47. The first-order valence-corrected chi connectivity index (χ1v) is 8.88. The van der Waals surface area contributed by atoms with Gasteiger partial charge in [-0.2, -0.15) is 0 Å². The Bertz CT molecular complexity index is 629. The van der Waals surface area contributed by atoms with E-state index in [9.17, 15) is 14.3 Å². The van der Waals surface area contributed by atoms with Crippen LogP contribution in [0.25, 0.3) is 0 Å². The summed E-state index contributed by atoms with van der Waals surface area (Å²) in [4.78, 5) is 15.9. The molecule has 6 heteroatoms. The van der Waals surface area contributed by atoms with Crippen LogP contribution in [0.15, 0.2) is 18.2 Å². The number of hydrogen-bond donors (Lipinski definition) is 1. The van der Waals surface area contributed by atoms with Gasteiger partial charge in [0.1, 0.15) is 0 Å². The molecule has 0 radical (unpaired) electrons. The number of methoxy groups -OCH3 is 1. The zero-order chi connectivity index (χ0) is 18.0. The Morgan fingerprint density at radius 2 is 2.12 bits per heavy atom. The Morgan fingerprint density at radius 3 is 2.72 bits per heavy atom. The van der Waals surface area contributed by atoms with Crippen molar-refractivity contribution >= 4 is 5.91 Å². The van der Waals surface area contributed by atoms with Crippen molar-refractivity contribution in [2.45, 2.75) is 26.3 Å². The third-order valence-electron chi connectivity index (χ3n) is 5.95. The highest BCUT2D eigenvalue weighted by atomic mass is 19.1. The van der Waals surface area contributed by atoms with E-state index in [-0.39, 0.29) is 35.4 Å². The van der Waals surface area contributed by atoms with Gasteiger partial charge < -0.3 is 14.7 Å². The lowest BCUT2D eigenvalue weighted by Crippen LogP contribution is -2.44. The van der Waals surface area contributed by atoms with Gasteiger partial charge in [-0.1, -0.05) is 6.07 Å². The van der Waals surface area contributed by atoms with Crippen molar-refractivity contribution in [1.29, 1.82) is 0 Å². The number of aliphatic hydroxyl groups excluding tert-OH is 1. The highest BCUT2D eigenvalue weighted by Gasteiger charge is 2.48. The van der Waals surface area contributed by atoms with Crippen molar-refractivity contribution in [1.82, 2.24) is 9.80 Å². The van der Waals surface area contributed by atoms with Crippen LogP contribution in [0.1, 0.15) is 25.3 Å². The average molecular weight is 350 g/mol. The predicted molar refractivity (Wildman–Crippen MR) is 92.7 cm³/mol. The minimum absolute atomic E-state index is 0.0391. The highest BCUT2D eigenvalue weighted by Crippen LogP contribution is 2.44. The zero-order valence-corrected chi connectivity index (χ0v) is 15.0. The second-order valence-electron chi connectivity index (χ2n) is 7.39. The van der Waals surface area contributed by atoms with Gasteiger partial charge in [0, 0.05) is 39.1 Å². The van der Waals surface area contributed by atoms with Crippen molar-refractivity contribution in [2.75, 3.05) is 39.9 Å². The molecule has 0 aliphatic carbocycles. The monoisotopic (exact) mass is 350 g/mol. The zero-order valence-electron chi connectivity index (χ0n) is 15.0. The minimum atomic E-state index is -0.343. The normalized spacial score (nSPS) is 23.2. The number of halogens is 1. The maximum absolute atomic E-state index is 13.5. The number of likely N-dealkylation sites (tertiary alicyclic amines) is 2. The summed E-state index contributed by atoms with van der Waals surface area (Å²) in [5.41, 5.74) is 1.07. The van der Waals surface area contributed by atoms with E-state index in [2.05, 4.69) is 4.90 Å². The molecule has 0 bridgehead atoms. The number of rotatable bonds is 4. The topological polar surface area (TPSA) is 53.0 Å². The summed E-state index contributed by atoms with van der Waals surface area (Å²) in [5, 5.41) is 9.77. The lowest BCUT2D eigenvalue weighted by molar-refractivity contribution is -0.128. The first-order valence-electron chi connectivity index (χ1n) is 8.88. The molecule has 138 valence electrons. The number of piperidine rings is 1. The van der Waals surface area contributed by atoms with Crippen molar-refractivity contribution < 1.29 is 19.0 Å². The van der Waals surface area contributed by atoms with E-state index in [1.54, 1.807) is 19.1 Å². The molecule has 1 amide bonds. The van der Waals surface area contributed by atoms with Crippen LogP contribution in [0.4, 0.5) is 4.39 Å². The smallest absolute Gasteiger partial charge is 0.219 e. The van der Waals surface area contributed by atoms with E-state index in [1.807, 2.05) is 4.90 Å². The number of amides is 1. The molecule has 1 unspecified atom stereocenters. The molecule has 1 spiro atoms. The number of benzene rings is 1. The van der Waals surface area contributed by atoms with Crippen LogP contribution in [0, 0.1) is 17.2 Å². The molecule has 0 saturated carbocycles. The molecule has 2 fully saturated rings. The summed E-state index contributed by atoms with van der Waals surface area (Å²) in [6.45, 7) is 5.76. The summed E-state index contributed by atoms with van der Waals surface area (Å²) in [6.07, 6.45) is 1.95. The molecular weight excluding hydrogens is 323 g/mol. The van der Waals surface area contributed by atoms with Crippen LogP contribution in [0.2, 0.25) is 0 Å². The van der Waals surface area contributed by atoms with E-state index in [4.69, 9.17) is 4.74 Å². The van der Waals surface area contributed by atoms with Gasteiger partial charge in [-0.05, 0) is 49.0 Å². The highest BCUT2D eigenvalue weighted by molar-refractivity contribution is 5.73. The van der Waals surface area contributed by atoms with Gasteiger partial charge in [0.15, 0.2) is 11.6 Å². The molecule has 3 rings (SSSR count). The number of hydrogen-bond acceptors (Lipinski definition) is 4. The van der Waals surface area contributed by atoms with Crippen LogP contribution in [-0.2, 0) is 11.3 Å². The lowest BCUT2D eigenvalue weighted by atomic mass is 9.71. The first-order chi connectivity index (χ1) is 12.0. The maximum Gasteiger partial charge on any atom is 0.219 e. The number of nitrogens with zero attached hydrogens (tertiary/aromatic N) is 2. The van der Waals surface area contributed by atoms with Crippen molar-refractivity contribution in [3.63, 3.8) is 0 Å². The summed E-state index contributed by atoms with van der Waals surface area (Å²) < 4.78 is 18.6. The Hall–Kier alpha value is -1.66. The number of carbonyl (C=O) groups excluding carboxylic acids is 1. The molecule has 0 aromatic heterocycles. The van der Waals surface area contributed by atoms with Crippen molar-refractivity contribution in [3.05, 3.63) is 29.6 Å². The Morgan fingerprint density at radius 1 is 1.40 bits per heavy atom. The second-order valence-corrected chi connectivity index (χ2v) is 7.39. The fourth-order valence-corrected chi connectivity index (χ4v) is 4.31. The number of ether oxygens (including phenoxy) is 1. The van der Waals surface area contributed by atoms with Crippen molar-refractivity contribution in [2.24, 2.45) is 11.3 Å². The Kier molecular flexibility index (Phi) is 5.29. The fraction of sp³-hybridized carbons (Fsp3) is 0.632. The molecule has 1 N–H and O–H groups in total. The molecule has 2 aliphatic rings. The van der Waals surface area contributed by atoms with E-state index in [1.165, 1.54) is 13.2 Å². The van der Waals surface area contributed by atoms with Gasteiger partial charge in [-0.15, -0.1) is 0 Å². The minimum Gasteiger partial charge on any atom is -0.494 e. The second kappa shape index (κ2) is 7.30. The van der Waals surface area contributed by atoms with Gasteiger partial charge in [-0.25, -0.2) is 4.39 Å². The lowest BCUT2D eigenvalue weighted by Gasteiger charge is -2.42. The molecule has 1 atom stereocenters. The Balaban J connectivity index is 1.62. The summed E-state index contributed by atoms with van der Waals surface area (Å²) in [5.74, 6) is 0.199. The van der Waals surface area contributed by atoms with Crippen LogP contribution in [0.3, 0.4) is 0 Å². The van der Waals surface area contributed by atoms with Gasteiger partial charge in [0.05, 0.1) is 7.11 Å². The number of aliphatic hydroxyl groups is 1. The number of carbonyl (C=O) groups is 1. The third kappa shape index (κ3) is 3.65. The van der Waals surface area contributed by atoms with E-state index in [0.29, 0.717) is 6.54 Å². The van der Waals surface area contributed by atoms with Gasteiger partial charge in [0.25, 0.3) is 0 Å². The van der Waals surface area contributed by atoms with E-state index < -0.39 is 0 Å². The first kappa shape index (κ1) is 18.1. The fourth-order valence-electron chi connectivity index (χ4n) is 4.31. The maximum atomic E-state index is 13.5. The van der Waals surface area contributed by atoms with Gasteiger partial charge in [0.2, 0.25) is 5.91 Å². The molecule has 1 aromatic rings. The SMILES string of the molecule is COc1cc(CN2CCC3(CC2)CN(C(C)=O)CC3CO)ccc1F. The van der Waals surface area contributed by atoms with Crippen LogP contribution in [0.5, 0.6) is 5.75 Å².